The Labute approximate surface area is 96.9 Å². The molecule has 0 bridgehead atoms. The van der Waals surface area contributed by atoms with E-state index in [4.69, 9.17) is 6.85 Å². The fourth-order valence-electron chi connectivity index (χ4n) is 2.28. The predicted octanol–water partition coefficient (Wildman–Crippen LogP) is 2.59. The van der Waals surface area contributed by atoms with Crippen molar-refractivity contribution < 1.29 is 6.85 Å². The van der Waals surface area contributed by atoms with Crippen LogP contribution >= 0.6 is 0 Å². The minimum atomic E-state index is -0.251. The summed E-state index contributed by atoms with van der Waals surface area (Å²) in [6.45, 7) is 1.77. The van der Waals surface area contributed by atoms with Crippen LogP contribution in [0.25, 0.3) is 10.9 Å². The van der Waals surface area contributed by atoms with Crippen LogP contribution < -0.4 is 0 Å². The molecule has 1 aromatic carbocycles. The second kappa shape index (κ2) is 3.38. The Hall–Kier alpha value is -1.28. The van der Waals surface area contributed by atoms with Crippen LogP contribution in [0.2, 0.25) is 0 Å². The molecular formula is C13H16N2. The molecule has 1 aliphatic rings. The number of aromatic amines is 1. The lowest BCUT2D eigenvalue weighted by molar-refractivity contribution is 0.412. The number of likely N-dealkylation sites (tertiary alicyclic amines) is 1. The topological polar surface area (TPSA) is 19.0 Å². The van der Waals surface area contributed by atoms with E-state index in [1.807, 2.05) is 7.05 Å². The molecule has 0 radical (unpaired) electrons. The Kier molecular flexibility index (Phi) is 1.17. The highest BCUT2D eigenvalue weighted by molar-refractivity contribution is 5.83. The van der Waals surface area contributed by atoms with Gasteiger partial charge in [-0.2, -0.15) is 0 Å². The number of rotatable bonds is 1. The molecule has 15 heavy (non-hydrogen) atoms. The summed E-state index contributed by atoms with van der Waals surface area (Å²) in [5.41, 5.74) is 1.09. The number of hydrogen-bond acceptors (Lipinski definition) is 1. The summed E-state index contributed by atoms with van der Waals surface area (Å²) >= 11 is 0. The zero-order valence-electron chi connectivity index (χ0n) is 13.6. The van der Waals surface area contributed by atoms with E-state index < -0.39 is 0 Å². The average molecular weight is 205 g/mol. The number of para-hydroxylation sites is 1. The molecule has 2 heterocycles. The molecule has 1 atom stereocenters. The van der Waals surface area contributed by atoms with Gasteiger partial charge in [-0.05, 0) is 37.5 Å². The zero-order chi connectivity index (χ0) is 14.6. The van der Waals surface area contributed by atoms with Gasteiger partial charge in [-0.3, -0.25) is 0 Å². The molecule has 1 aromatic heterocycles. The summed E-state index contributed by atoms with van der Waals surface area (Å²) in [5, 5.41) is 0.487. The van der Waals surface area contributed by atoms with Gasteiger partial charge in [0.25, 0.3) is 0 Å². The number of H-pyrrole nitrogens is 1. The van der Waals surface area contributed by atoms with Gasteiger partial charge in [0.15, 0.2) is 0 Å². The smallest absolute Gasteiger partial charge is 0.0819 e. The van der Waals surface area contributed by atoms with Crippen LogP contribution in [-0.4, -0.2) is 30.0 Å². The van der Waals surface area contributed by atoms with E-state index in [1.165, 1.54) is 0 Å². The summed E-state index contributed by atoms with van der Waals surface area (Å²) in [7, 11) is 2.02. The molecular weight excluding hydrogens is 184 g/mol. The van der Waals surface area contributed by atoms with E-state index in [-0.39, 0.29) is 36.3 Å². The Morgan fingerprint density at radius 2 is 2.33 bits per heavy atom. The van der Waals surface area contributed by atoms with Crippen LogP contribution in [0.5, 0.6) is 0 Å². The van der Waals surface area contributed by atoms with Crippen molar-refractivity contribution in [3.8, 4) is 0 Å². The van der Waals surface area contributed by atoms with Gasteiger partial charge in [-0.15, -0.1) is 0 Å². The minimum Gasteiger partial charge on any atom is -0.361 e. The Balaban J connectivity index is 2.30. The van der Waals surface area contributed by atoms with Gasteiger partial charge in [0.1, 0.15) is 0 Å². The lowest BCUT2D eigenvalue weighted by Crippen LogP contribution is -2.13. The number of fused-ring (bicyclic) bond motifs is 1. The number of nitrogens with zero attached hydrogens (tertiary/aromatic N) is 1. The molecule has 2 heteroatoms. The Morgan fingerprint density at radius 1 is 1.47 bits per heavy atom. The second-order valence-corrected chi connectivity index (χ2v) is 4.16. The number of hydrogen-bond donors (Lipinski definition) is 1. The molecule has 1 fully saturated rings. The van der Waals surface area contributed by atoms with E-state index in [9.17, 15) is 0 Å². The maximum absolute atomic E-state index is 8.10. The number of aromatic nitrogens is 1. The van der Waals surface area contributed by atoms with E-state index in [0.717, 1.165) is 25.1 Å². The van der Waals surface area contributed by atoms with Gasteiger partial charge in [0, 0.05) is 23.6 Å². The van der Waals surface area contributed by atoms with Crippen molar-refractivity contribution in [2.75, 3.05) is 20.1 Å². The predicted molar refractivity (Wildman–Crippen MR) is 63.2 cm³/mol. The molecule has 0 aliphatic carbocycles. The summed E-state index contributed by atoms with van der Waals surface area (Å²) in [6, 6.07) is -0.611. The molecule has 3 rings (SSSR count). The van der Waals surface area contributed by atoms with Gasteiger partial charge in [-0.25, -0.2) is 0 Å². The molecule has 1 saturated heterocycles. The third-order valence-electron chi connectivity index (χ3n) is 3.08. The third-order valence-corrected chi connectivity index (χ3v) is 3.08. The van der Waals surface area contributed by atoms with Crippen molar-refractivity contribution in [2.24, 2.45) is 0 Å². The molecule has 0 spiro atoms. The fourth-order valence-corrected chi connectivity index (χ4v) is 2.28. The molecule has 1 unspecified atom stereocenters. The molecule has 1 aliphatic heterocycles. The molecule has 2 aromatic rings. The van der Waals surface area contributed by atoms with Crippen molar-refractivity contribution >= 4 is 10.9 Å². The Bertz CT molecular complexity index is 694. The number of nitrogens with one attached hydrogen (secondary N) is 1. The molecule has 78 valence electrons. The van der Waals surface area contributed by atoms with Crippen LogP contribution in [0.1, 0.15) is 24.8 Å². The van der Waals surface area contributed by atoms with E-state index in [2.05, 4.69) is 9.88 Å². The van der Waals surface area contributed by atoms with Crippen molar-refractivity contribution in [1.82, 2.24) is 9.88 Å². The second-order valence-electron chi connectivity index (χ2n) is 4.16. The van der Waals surface area contributed by atoms with Crippen molar-refractivity contribution in [3.05, 3.63) is 35.9 Å². The zero-order valence-corrected chi connectivity index (χ0v) is 8.65. The SMILES string of the molecule is [2H]c1[nH]c2c([2H])c([2H])c([2H])c([2H])c2c1C1CCN(C)C1. The molecule has 1 N–H and O–H groups in total. The normalized spacial score (nSPS) is 27.3. The maximum Gasteiger partial charge on any atom is 0.0819 e. The third kappa shape index (κ3) is 1.45. The van der Waals surface area contributed by atoms with Crippen molar-refractivity contribution in [3.63, 3.8) is 0 Å². The fraction of sp³-hybridized carbons (Fsp3) is 0.385. The first kappa shape index (κ1) is 5.17. The van der Waals surface area contributed by atoms with Crippen LogP contribution in [0.4, 0.5) is 0 Å². The Morgan fingerprint density at radius 3 is 3.13 bits per heavy atom. The van der Waals surface area contributed by atoms with Gasteiger partial charge < -0.3 is 9.88 Å². The van der Waals surface area contributed by atoms with Gasteiger partial charge >= 0.3 is 0 Å². The average Bonchev–Trinajstić information content (AvgIpc) is 2.97. The molecule has 0 amide bonds. The summed E-state index contributed by atoms with van der Waals surface area (Å²) in [6.07, 6.45) is 1.13. The van der Waals surface area contributed by atoms with Gasteiger partial charge in [-0.1, -0.05) is 18.1 Å². The first-order valence-electron chi connectivity index (χ1n) is 7.68. The largest absolute Gasteiger partial charge is 0.361 e. The van der Waals surface area contributed by atoms with Crippen LogP contribution in [-0.2, 0) is 0 Å². The molecule has 2 nitrogen and oxygen atoms in total. The number of benzene rings is 1. The van der Waals surface area contributed by atoms with Crippen LogP contribution in [0, 0.1) is 0 Å². The quantitative estimate of drug-likeness (QED) is 0.758. The van der Waals surface area contributed by atoms with E-state index in [0.29, 0.717) is 10.9 Å². The highest BCUT2D eigenvalue weighted by Gasteiger charge is 2.23. The molecule has 0 saturated carbocycles. The van der Waals surface area contributed by atoms with Crippen molar-refractivity contribution in [2.45, 2.75) is 12.3 Å². The van der Waals surface area contributed by atoms with Gasteiger partial charge in [0.05, 0.1) is 6.85 Å². The highest BCUT2D eigenvalue weighted by Crippen LogP contribution is 2.31. The van der Waals surface area contributed by atoms with E-state index >= 15 is 0 Å². The summed E-state index contributed by atoms with van der Waals surface area (Å²) in [5.74, 6) is 0.153. The van der Waals surface area contributed by atoms with Crippen LogP contribution in [0.15, 0.2) is 30.3 Å². The summed E-state index contributed by atoms with van der Waals surface area (Å²) in [4.78, 5) is 5.01. The lowest BCUT2D eigenvalue weighted by atomic mass is 9.98. The first-order valence-corrected chi connectivity index (χ1v) is 5.18. The maximum atomic E-state index is 8.10. The lowest BCUT2D eigenvalue weighted by Gasteiger charge is -2.09. The van der Waals surface area contributed by atoms with Gasteiger partial charge in [0.2, 0.25) is 0 Å². The monoisotopic (exact) mass is 205 g/mol. The first-order chi connectivity index (χ1) is 9.41. The van der Waals surface area contributed by atoms with Crippen LogP contribution in [0.3, 0.4) is 0 Å². The number of likely N-dealkylation sites (N-methyl/N-ethyl adjacent to an activating group) is 1. The van der Waals surface area contributed by atoms with Crippen molar-refractivity contribution in [1.29, 1.82) is 0 Å². The summed E-state index contributed by atoms with van der Waals surface area (Å²) < 4.78 is 39.6. The highest BCUT2D eigenvalue weighted by atomic mass is 15.1. The minimum absolute atomic E-state index is 0.0414. The standard InChI is InChI=1S/C13H16N2/c1-15-7-6-10(9-15)12-8-14-13-5-3-2-4-11(12)13/h2-5,8,10,14H,6-7,9H2,1H3/i2D,3D,4D,5D,8D. The van der Waals surface area contributed by atoms with E-state index in [1.54, 1.807) is 0 Å².